The zero-order valence-corrected chi connectivity index (χ0v) is 15.8. The van der Waals surface area contributed by atoms with Crippen molar-refractivity contribution in [1.82, 2.24) is 0 Å². The number of aryl methyl sites for hydroxylation is 4. The molecule has 1 amide bonds. The van der Waals surface area contributed by atoms with E-state index in [0.29, 0.717) is 12.6 Å². The van der Waals surface area contributed by atoms with E-state index in [4.69, 9.17) is 0 Å². The Bertz CT molecular complexity index is 758. The van der Waals surface area contributed by atoms with Gasteiger partial charge in [0, 0.05) is 17.7 Å². The number of likely N-dealkylation sites (N-methyl/N-ethyl adjacent to an activating group) is 1. The van der Waals surface area contributed by atoms with Crippen molar-refractivity contribution in [2.75, 3.05) is 18.9 Å². The van der Waals surface area contributed by atoms with Crippen LogP contribution in [0.3, 0.4) is 0 Å². The zero-order valence-electron chi connectivity index (χ0n) is 15.8. The Balaban J connectivity index is 1.70. The third-order valence-corrected chi connectivity index (χ3v) is 5.35. The van der Waals surface area contributed by atoms with Crippen LogP contribution in [0.2, 0.25) is 0 Å². The predicted molar refractivity (Wildman–Crippen MR) is 103 cm³/mol. The van der Waals surface area contributed by atoms with Crippen molar-refractivity contribution < 1.29 is 9.69 Å². The number of quaternary nitrogens is 1. The molecular weight excluding hydrogens is 308 g/mol. The van der Waals surface area contributed by atoms with E-state index in [0.717, 1.165) is 29.7 Å². The first-order chi connectivity index (χ1) is 12.0. The van der Waals surface area contributed by atoms with Crippen molar-refractivity contribution in [2.24, 2.45) is 0 Å². The van der Waals surface area contributed by atoms with Gasteiger partial charge in [0.25, 0.3) is 5.91 Å². The number of benzene rings is 2. The van der Waals surface area contributed by atoms with Crippen LogP contribution in [0.1, 0.15) is 46.7 Å². The summed E-state index contributed by atoms with van der Waals surface area (Å²) in [5, 5.41) is 3.14. The Hall–Kier alpha value is -2.13. The van der Waals surface area contributed by atoms with Crippen LogP contribution in [0.25, 0.3) is 0 Å². The molecule has 2 atom stereocenters. The molecule has 0 aromatic heterocycles. The highest BCUT2D eigenvalue weighted by molar-refractivity contribution is 5.93. The maximum atomic E-state index is 12.6. The molecule has 3 rings (SSSR count). The molecule has 3 nitrogen and oxygen atoms in total. The molecule has 1 aliphatic carbocycles. The molecule has 0 heterocycles. The van der Waals surface area contributed by atoms with Crippen molar-refractivity contribution in [3.63, 3.8) is 0 Å². The van der Waals surface area contributed by atoms with E-state index in [1.54, 1.807) is 0 Å². The van der Waals surface area contributed by atoms with Crippen LogP contribution in [-0.2, 0) is 11.2 Å². The van der Waals surface area contributed by atoms with Gasteiger partial charge in [-0.15, -0.1) is 0 Å². The summed E-state index contributed by atoms with van der Waals surface area (Å²) in [6, 6.07) is 13.3. The first-order valence-electron chi connectivity index (χ1n) is 9.23. The minimum atomic E-state index is 0.0932. The van der Waals surface area contributed by atoms with E-state index in [1.807, 2.05) is 0 Å². The van der Waals surface area contributed by atoms with E-state index < -0.39 is 0 Å². The van der Waals surface area contributed by atoms with Crippen LogP contribution in [0.15, 0.2) is 36.4 Å². The van der Waals surface area contributed by atoms with E-state index in [2.05, 4.69) is 69.5 Å². The number of anilines is 1. The number of carbonyl (C=O) groups is 1. The van der Waals surface area contributed by atoms with Gasteiger partial charge in [-0.05, 0) is 50.3 Å². The van der Waals surface area contributed by atoms with Gasteiger partial charge in [0.15, 0.2) is 6.54 Å². The fourth-order valence-electron chi connectivity index (χ4n) is 4.20. The second-order valence-corrected chi connectivity index (χ2v) is 7.49. The van der Waals surface area contributed by atoms with Crippen molar-refractivity contribution in [3.8, 4) is 0 Å². The summed E-state index contributed by atoms with van der Waals surface area (Å²) >= 11 is 0. The van der Waals surface area contributed by atoms with E-state index in [-0.39, 0.29) is 5.91 Å². The molecular formula is C22H29N2O+. The number of rotatable bonds is 4. The second-order valence-electron chi connectivity index (χ2n) is 7.49. The van der Waals surface area contributed by atoms with Gasteiger partial charge in [0.05, 0.1) is 7.05 Å². The summed E-state index contributed by atoms with van der Waals surface area (Å²) in [7, 11) is 2.14. The fraction of sp³-hybridized carbons (Fsp3) is 0.409. The van der Waals surface area contributed by atoms with Crippen molar-refractivity contribution in [2.45, 2.75) is 46.1 Å². The summed E-state index contributed by atoms with van der Waals surface area (Å²) in [5.41, 5.74) is 7.32. The van der Waals surface area contributed by atoms with Crippen molar-refractivity contribution >= 4 is 11.6 Å². The molecule has 0 saturated carbocycles. The highest BCUT2D eigenvalue weighted by atomic mass is 16.2. The number of hydrogen-bond donors (Lipinski definition) is 2. The fourth-order valence-corrected chi connectivity index (χ4v) is 4.20. The molecule has 0 radical (unpaired) electrons. The van der Waals surface area contributed by atoms with Crippen LogP contribution >= 0.6 is 0 Å². The summed E-state index contributed by atoms with van der Waals surface area (Å²) in [5.74, 6) is 0.0932. The normalized spacial score (nSPS) is 17.7. The monoisotopic (exact) mass is 337 g/mol. The Morgan fingerprint density at radius 1 is 1.16 bits per heavy atom. The van der Waals surface area contributed by atoms with Gasteiger partial charge in [0.2, 0.25) is 0 Å². The summed E-state index contributed by atoms with van der Waals surface area (Å²) in [4.78, 5) is 13.9. The molecule has 25 heavy (non-hydrogen) atoms. The van der Waals surface area contributed by atoms with Gasteiger partial charge in [-0.3, -0.25) is 4.79 Å². The quantitative estimate of drug-likeness (QED) is 0.883. The number of carbonyl (C=O) groups excluding carboxylic acids is 1. The molecule has 1 unspecified atom stereocenters. The predicted octanol–water partition coefficient (Wildman–Crippen LogP) is 3.14. The van der Waals surface area contributed by atoms with Crippen LogP contribution in [-0.4, -0.2) is 19.5 Å². The summed E-state index contributed by atoms with van der Waals surface area (Å²) < 4.78 is 0. The smallest absolute Gasteiger partial charge is 0.279 e. The highest BCUT2D eigenvalue weighted by Crippen LogP contribution is 2.27. The molecule has 132 valence electrons. The molecule has 0 bridgehead atoms. The zero-order chi connectivity index (χ0) is 18.0. The average Bonchev–Trinajstić information content (AvgIpc) is 2.57. The van der Waals surface area contributed by atoms with Gasteiger partial charge >= 0.3 is 0 Å². The Morgan fingerprint density at radius 2 is 1.84 bits per heavy atom. The van der Waals surface area contributed by atoms with Gasteiger partial charge in [-0.1, -0.05) is 42.0 Å². The third kappa shape index (κ3) is 3.93. The Kier molecular flexibility index (Phi) is 5.24. The van der Waals surface area contributed by atoms with Gasteiger partial charge < -0.3 is 10.2 Å². The largest absolute Gasteiger partial charge is 0.323 e. The van der Waals surface area contributed by atoms with Gasteiger partial charge in [0.1, 0.15) is 6.04 Å². The molecule has 3 heteroatoms. The van der Waals surface area contributed by atoms with Gasteiger partial charge in [-0.25, -0.2) is 0 Å². The molecule has 2 aromatic carbocycles. The van der Waals surface area contributed by atoms with Crippen molar-refractivity contribution in [3.05, 3.63) is 64.2 Å². The summed E-state index contributed by atoms with van der Waals surface area (Å²) in [6.45, 7) is 6.70. The van der Waals surface area contributed by atoms with Crippen LogP contribution in [0, 0.1) is 20.8 Å². The minimum absolute atomic E-state index is 0.0932. The molecule has 2 aromatic rings. The van der Waals surface area contributed by atoms with Crippen LogP contribution in [0.4, 0.5) is 5.69 Å². The molecule has 0 saturated heterocycles. The molecule has 2 N–H and O–H groups in total. The lowest BCUT2D eigenvalue weighted by Crippen LogP contribution is -3.10. The minimum Gasteiger partial charge on any atom is -0.323 e. The maximum absolute atomic E-state index is 12.6. The SMILES string of the molecule is Cc1cc(C)c(NC(=O)C[NH+](C)[C@@H]2CCCc3ccccc32)c(C)c1. The Labute approximate surface area is 151 Å². The van der Waals surface area contributed by atoms with Crippen LogP contribution in [0.5, 0.6) is 0 Å². The lowest BCUT2D eigenvalue weighted by atomic mass is 9.87. The molecule has 0 aliphatic heterocycles. The Morgan fingerprint density at radius 3 is 2.56 bits per heavy atom. The van der Waals surface area contributed by atoms with E-state index in [1.165, 1.54) is 28.0 Å². The average molecular weight is 337 g/mol. The van der Waals surface area contributed by atoms with Crippen LogP contribution < -0.4 is 10.2 Å². The summed E-state index contributed by atoms with van der Waals surface area (Å²) in [6.07, 6.45) is 3.52. The number of nitrogens with one attached hydrogen (secondary N) is 2. The molecule has 0 fully saturated rings. The standard InChI is InChI=1S/C22H28N2O/c1-15-12-16(2)22(17(3)13-15)23-21(25)14-24(4)20-11-7-9-18-8-5-6-10-19(18)20/h5-6,8,10,12-13,20H,7,9,11,14H2,1-4H3,(H,23,25)/p+1/t20-/m1/s1. The first-order valence-corrected chi connectivity index (χ1v) is 9.23. The lowest BCUT2D eigenvalue weighted by molar-refractivity contribution is -0.905. The molecule has 1 aliphatic rings. The van der Waals surface area contributed by atoms with Crippen molar-refractivity contribution in [1.29, 1.82) is 0 Å². The van der Waals surface area contributed by atoms with E-state index in [9.17, 15) is 4.79 Å². The lowest BCUT2D eigenvalue weighted by Gasteiger charge is -2.30. The number of hydrogen-bond acceptors (Lipinski definition) is 1. The number of amides is 1. The third-order valence-electron chi connectivity index (χ3n) is 5.35. The highest BCUT2D eigenvalue weighted by Gasteiger charge is 2.28. The number of fused-ring (bicyclic) bond motifs is 1. The van der Waals surface area contributed by atoms with Gasteiger partial charge in [-0.2, -0.15) is 0 Å². The first kappa shape index (κ1) is 17.7. The van der Waals surface area contributed by atoms with E-state index >= 15 is 0 Å². The topological polar surface area (TPSA) is 33.5 Å². The maximum Gasteiger partial charge on any atom is 0.279 e. The second kappa shape index (κ2) is 7.40. The molecule has 0 spiro atoms.